The summed E-state index contributed by atoms with van der Waals surface area (Å²) < 4.78 is 1.99. The third-order valence-corrected chi connectivity index (χ3v) is 5.10. The van der Waals surface area contributed by atoms with Gasteiger partial charge >= 0.3 is 0 Å². The Hall–Kier alpha value is -2.62. The molecule has 144 valence electrons. The molecule has 0 aliphatic heterocycles. The van der Waals surface area contributed by atoms with E-state index in [4.69, 9.17) is 0 Å². The van der Waals surface area contributed by atoms with Gasteiger partial charge in [0.25, 0.3) is 5.91 Å². The van der Waals surface area contributed by atoms with Crippen LogP contribution in [0.25, 0.3) is 5.70 Å². The Bertz CT molecular complexity index is 918. The topological polar surface area (TPSA) is 51.1 Å². The zero-order valence-corrected chi connectivity index (χ0v) is 17.3. The second-order valence-electron chi connectivity index (χ2n) is 7.22. The Morgan fingerprint density at radius 1 is 1.11 bits per heavy atom. The highest BCUT2D eigenvalue weighted by molar-refractivity contribution is 6.00. The summed E-state index contributed by atoms with van der Waals surface area (Å²) in [5.74, 6) is -0.329. The number of carbonyl (C=O) groups is 1. The molecule has 0 saturated heterocycles. The summed E-state index contributed by atoms with van der Waals surface area (Å²) >= 11 is 0. The van der Waals surface area contributed by atoms with E-state index in [1.807, 2.05) is 62.7 Å². The van der Waals surface area contributed by atoms with Gasteiger partial charge in [-0.15, -0.1) is 0 Å². The lowest BCUT2D eigenvalue weighted by Gasteiger charge is -2.19. The molecular weight excluding hydrogens is 336 g/mol. The van der Waals surface area contributed by atoms with Crippen LogP contribution in [0.3, 0.4) is 0 Å². The molecule has 0 unspecified atom stereocenters. The highest BCUT2D eigenvalue weighted by atomic mass is 16.2. The fourth-order valence-corrected chi connectivity index (χ4v) is 3.24. The Labute approximate surface area is 161 Å². The molecule has 27 heavy (non-hydrogen) atoms. The van der Waals surface area contributed by atoms with Crippen molar-refractivity contribution < 1.29 is 4.79 Å². The van der Waals surface area contributed by atoms with Crippen LogP contribution in [0, 0.1) is 13.8 Å². The van der Waals surface area contributed by atoms with Crippen molar-refractivity contribution in [3.05, 3.63) is 74.2 Å². The fourth-order valence-electron chi connectivity index (χ4n) is 3.24. The fraction of sp³-hybridized carbons (Fsp3) is 0.391. The first-order chi connectivity index (χ1) is 12.8. The smallest absolute Gasteiger partial charge is 0.261 e. The molecule has 0 aliphatic carbocycles. The zero-order chi connectivity index (χ0) is 20.1. The van der Waals surface area contributed by atoms with E-state index in [0.29, 0.717) is 12.0 Å². The van der Waals surface area contributed by atoms with Crippen LogP contribution in [-0.2, 0) is 13.5 Å². The minimum absolute atomic E-state index is 0.171. The molecular formula is C23H30N2O2. The van der Waals surface area contributed by atoms with Crippen LogP contribution in [0.4, 0.5) is 0 Å². The Morgan fingerprint density at radius 3 is 2.30 bits per heavy atom. The first-order valence-corrected chi connectivity index (χ1v) is 9.52. The Balaban J connectivity index is 2.55. The SMILES string of the molecule is CCCCc1c(C(=O)NC(=C(C)C)c2ccccc2)c(=O)c(C)c(C)n1C. The largest absolute Gasteiger partial charge is 0.351 e. The van der Waals surface area contributed by atoms with Gasteiger partial charge in [-0.2, -0.15) is 0 Å². The first kappa shape index (κ1) is 20.7. The van der Waals surface area contributed by atoms with E-state index in [1.54, 1.807) is 6.92 Å². The molecule has 0 spiro atoms. The van der Waals surface area contributed by atoms with E-state index in [1.165, 1.54) is 0 Å². The van der Waals surface area contributed by atoms with Crippen molar-refractivity contribution >= 4 is 11.6 Å². The number of amides is 1. The highest BCUT2D eigenvalue weighted by Gasteiger charge is 2.22. The average molecular weight is 367 g/mol. The minimum Gasteiger partial charge on any atom is -0.351 e. The van der Waals surface area contributed by atoms with E-state index in [9.17, 15) is 9.59 Å². The number of benzene rings is 1. The molecule has 1 aromatic carbocycles. The van der Waals surface area contributed by atoms with E-state index in [0.717, 1.165) is 41.1 Å². The number of hydrogen-bond acceptors (Lipinski definition) is 2. The van der Waals surface area contributed by atoms with Gasteiger partial charge in [-0.05, 0) is 46.1 Å². The van der Waals surface area contributed by atoms with Crippen LogP contribution < -0.4 is 10.7 Å². The number of rotatable bonds is 6. The summed E-state index contributed by atoms with van der Waals surface area (Å²) in [6.07, 6.45) is 2.65. The summed E-state index contributed by atoms with van der Waals surface area (Å²) in [6.45, 7) is 9.74. The molecule has 1 amide bonds. The molecule has 0 aliphatic rings. The summed E-state index contributed by atoms with van der Waals surface area (Å²) in [7, 11) is 1.93. The summed E-state index contributed by atoms with van der Waals surface area (Å²) in [6, 6.07) is 9.73. The lowest BCUT2D eigenvalue weighted by molar-refractivity contribution is 0.0970. The normalized spacial score (nSPS) is 10.6. The van der Waals surface area contributed by atoms with Gasteiger partial charge in [-0.1, -0.05) is 49.2 Å². The standard InChI is InChI=1S/C23H30N2O2/c1-7-8-14-19-20(22(26)16(4)17(5)25(19)6)23(27)24-21(15(2)3)18-12-10-9-11-13-18/h9-13H,7-8,14H2,1-6H3,(H,24,27). The van der Waals surface area contributed by atoms with Gasteiger partial charge in [-0.3, -0.25) is 9.59 Å². The van der Waals surface area contributed by atoms with Crippen LogP contribution in [-0.4, -0.2) is 10.5 Å². The summed E-state index contributed by atoms with van der Waals surface area (Å²) in [5.41, 5.74) is 5.12. The summed E-state index contributed by atoms with van der Waals surface area (Å²) in [5, 5.41) is 3.01. The van der Waals surface area contributed by atoms with E-state index in [2.05, 4.69) is 12.2 Å². The molecule has 0 saturated carbocycles. The van der Waals surface area contributed by atoms with Gasteiger partial charge in [0.15, 0.2) is 5.43 Å². The Morgan fingerprint density at radius 2 is 1.74 bits per heavy atom. The van der Waals surface area contributed by atoms with Crippen molar-refractivity contribution in [2.24, 2.45) is 7.05 Å². The van der Waals surface area contributed by atoms with Gasteiger partial charge in [0.05, 0.1) is 0 Å². The monoisotopic (exact) mass is 366 g/mol. The third kappa shape index (κ3) is 4.38. The quantitative estimate of drug-likeness (QED) is 0.817. The molecule has 0 atom stereocenters. The minimum atomic E-state index is -0.329. The van der Waals surface area contributed by atoms with Crippen LogP contribution in [0.1, 0.15) is 66.5 Å². The second kappa shape index (κ2) is 8.85. The van der Waals surface area contributed by atoms with Crippen molar-refractivity contribution in [3.63, 3.8) is 0 Å². The van der Waals surface area contributed by atoms with Crippen molar-refractivity contribution in [3.8, 4) is 0 Å². The van der Waals surface area contributed by atoms with Crippen LogP contribution in [0.5, 0.6) is 0 Å². The molecule has 1 heterocycles. The van der Waals surface area contributed by atoms with Gasteiger partial charge in [0.2, 0.25) is 0 Å². The Kier molecular flexibility index (Phi) is 6.78. The molecule has 0 radical (unpaired) electrons. The van der Waals surface area contributed by atoms with Gasteiger partial charge in [-0.25, -0.2) is 0 Å². The van der Waals surface area contributed by atoms with Crippen LogP contribution in [0.2, 0.25) is 0 Å². The van der Waals surface area contributed by atoms with Crippen molar-refractivity contribution in [2.45, 2.75) is 53.9 Å². The van der Waals surface area contributed by atoms with Gasteiger partial charge in [0, 0.05) is 29.7 Å². The van der Waals surface area contributed by atoms with Gasteiger partial charge in [0.1, 0.15) is 5.56 Å². The first-order valence-electron chi connectivity index (χ1n) is 9.52. The lowest BCUT2D eigenvalue weighted by atomic mass is 10.0. The molecule has 1 aromatic heterocycles. The number of allylic oxidation sites excluding steroid dienone is 1. The number of aromatic nitrogens is 1. The van der Waals surface area contributed by atoms with Crippen molar-refractivity contribution in [1.29, 1.82) is 0 Å². The van der Waals surface area contributed by atoms with Crippen molar-refractivity contribution in [2.75, 3.05) is 0 Å². The maximum absolute atomic E-state index is 13.2. The third-order valence-electron chi connectivity index (χ3n) is 5.10. The van der Waals surface area contributed by atoms with Crippen LogP contribution in [0.15, 0.2) is 40.7 Å². The molecule has 4 nitrogen and oxygen atoms in total. The molecule has 2 rings (SSSR count). The second-order valence-corrected chi connectivity index (χ2v) is 7.22. The van der Waals surface area contributed by atoms with Gasteiger partial charge < -0.3 is 9.88 Å². The number of pyridine rings is 1. The van der Waals surface area contributed by atoms with E-state index in [-0.39, 0.29) is 16.9 Å². The zero-order valence-electron chi connectivity index (χ0n) is 17.3. The molecule has 0 fully saturated rings. The van der Waals surface area contributed by atoms with Crippen LogP contribution >= 0.6 is 0 Å². The number of carbonyl (C=O) groups excluding carboxylic acids is 1. The average Bonchev–Trinajstić information content (AvgIpc) is 2.66. The molecule has 1 N–H and O–H groups in total. The molecule has 4 heteroatoms. The number of nitrogens with one attached hydrogen (secondary N) is 1. The summed E-state index contributed by atoms with van der Waals surface area (Å²) in [4.78, 5) is 26.2. The molecule has 2 aromatic rings. The maximum Gasteiger partial charge on any atom is 0.261 e. The lowest BCUT2D eigenvalue weighted by Crippen LogP contribution is -2.33. The number of nitrogens with zero attached hydrogens (tertiary/aromatic N) is 1. The molecule has 0 bridgehead atoms. The maximum atomic E-state index is 13.2. The number of hydrogen-bond donors (Lipinski definition) is 1. The van der Waals surface area contributed by atoms with E-state index >= 15 is 0 Å². The van der Waals surface area contributed by atoms with Crippen molar-refractivity contribution in [1.82, 2.24) is 9.88 Å². The highest BCUT2D eigenvalue weighted by Crippen LogP contribution is 2.18. The van der Waals surface area contributed by atoms with E-state index < -0.39 is 0 Å². The predicted molar refractivity (Wildman–Crippen MR) is 112 cm³/mol. The number of unbranched alkanes of at least 4 members (excludes halogenated alkanes) is 1. The predicted octanol–water partition coefficient (Wildman–Crippen LogP) is 4.53.